The van der Waals surface area contributed by atoms with Gasteiger partial charge in [0.25, 0.3) is 0 Å². The van der Waals surface area contributed by atoms with Crippen molar-refractivity contribution in [2.45, 2.75) is 32.2 Å². The number of benzene rings is 1. The van der Waals surface area contributed by atoms with Gasteiger partial charge in [0.15, 0.2) is 0 Å². The lowest BCUT2D eigenvalue weighted by atomic mass is 10.0. The number of nitrogens with two attached hydrogens (primary N) is 1. The number of nitrogens with one attached hydrogen (secondary N) is 1. The quantitative estimate of drug-likeness (QED) is 0.603. The van der Waals surface area contributed by atoms with Crippen LogP contribution in [0.3, 0.4) is 0 Å². The second kappa shape index (κ2) is 6.05. The molecule has 2 nitrogen and oxygen atoms in total. The first-order valence-corrected chi connectivity index (χ1v) is 5.45. The smallest absolute Gasteiger partial charge is 0.141 e. The molecule has 0 aromatic heterocycles. The summed E-state index contributed by atoms with van der Waals surface area (Å²) < 4.78 is 12.9. The lowest BCUT2D eigenvalue weighted by Crippen LogP contribution is -2.36. The van der Waals surface area contributed by atoms with Crippen LogP contribution in [0.1, 0.15) is 25.3 Å². The Kier molecular flexibility index (Phi) is 5.02. The first-order valence-electron chi connectivity index (χ1n) is 5.07. The summed E-state index contributed by atoms with van der Waals surface area (Å²) in [6.45, 7) is 2.10. The van der Waals surface area contributed by atoms with Gasteiger partial charge in [-0.2, -0.15) is 0 Å². The van der Waals surface area contributed by atoms with E-state index in [1.165, 1.54) is 6.07 Å². The first kappa shape index (κ1) is 12.4. The first-order chi connectivity index (χ1) is 7.17. The molecule has 0 radical (unpaired) electrons. The number of hydrogen-bond acceptors (Lipinski definition) is 2. The number of halogens is 2. The molecule has 0 saturated heterocycles. The Morgan fingerprint density at radius 2 is 2.27 bits per heavy atom. The van der Waals surface area contributed by atoms with E-state index in [4.69, 9.17) is 17.4 Å². The minimum absolute atomic E-state index is 0.166. The lowest BCUT2D eigenvalue weighted by Gasteiger charge is -2.14. The average molecular weight is 231 g/mol. The van der Waals surface area contributed by atoms with Gasteiger partial charge in [-0.25, -0.2) is 4.39 Å². The van der Waals surface area contributed by atoms with E-state index in [2.05, 4.69) is 12.3 Å². The Morgan fingerprint density at radius 1 is 1.53 bits per heavy atom. The summed E-state index contributed by atoms with van der Waals surface area (Å²) in [7, 11) is 0. The van der Waals surface area contributed by atoms with E-state index >= 15 is 0 Å². The maximum absolute atomic E-state index is 12.9. The molecule has 1 unspecified atom stereocenters. The standard InChI is InChI=1S/C11H16ClFN2/c1-2-3-9(15-14)6-8-4-5-11(13)10(12)7-8/h4-5,7,9,15H,2-3,6,14H2,1H3. The Morgan fingerprint density at radius 3 is 2.80 bits per heavy atom. The maximum Gasteiger partial charge on any atom is 0.141 e. The van der Waals surface area contributed by atoms with Crippen molar-refractivity contribution >= 4 is 11.6 Å². The monoisotopic (exact) mass is 230 g/mol. The van der Waals surface area contributed by atoms with E-state index in [0.29, 0.717) is 0 Å². The van der Waals surface area contributed by atoms with Crippen molar-refractivity contribution in [2.75, 3.05) is 0 Å². The van der Waals surface area contributed by atoms with Crippen molar-refractivity contribution < 1.29 is 4.39 Å². The van der Waals surface area contributed by atoms with Crippen LogP contribution >= 0.6 is 11.6 Å². The SMILES string of the molecule is CCCC(Cc1ccc(F)c(Cl)c1)NN. The van der Waals surface area contributed by atoms with Crippen LogP contribution in [0.4, 0.5) is 4.39 Å². The molecular formula is C11H16ClFN2. The molecule has 0 heterocycles. The molecule has 84 valence electrons. The minimum Gasteiger partial charge on any atom is -0.271 e. The second-order valence-electron chi connectivity index (χ2n) is 3.60. The molecule has 1 aromatic rings. The zero-order chi connectivity index (χ0) is 11.3. The Bertz CT molecular complexity index is 317. The fourth-order valence-electron chi connectivity index (χ4n) is 1.54. The number of rotatable bonds is 5. The Hall–Kier alpha value is -0.640. The van der Waals surface area contributed by atoms with E-state index in [1.807, 2.05) is 0 Å². The van der Waals surface area contributed by atoms with Crippen molar-refractivity contribution in [1.29, 1.82) is 0 Å². The van der Waals surface area contributed by atoms with Crippen LogP contribution in [0.2, 0.25) is 5.02 Å². The van der Waals surface area contributed by atoms with Gasteiger partial charge in [0, 0.05) is 6.04 Å². The summed E-state index contributed by atoms with van der Waals surface area (Å²) in [4.78, 5) is 0. The molecule has 15 heavy (non-hydrogen) atoms. The third kappa shape index (κ3) is 3.78. The molecule has 0 aliphatic rings. The third-order valence-electron chi connectivity index (χ3n) is 2.34. The van der Waals surface area contributed by atoms with Gasteiger partial charge in [0.2, 0.25) is 0 Å². The van der Waals surface area contributed by atoms with E-state index in [0.717, 1.165) is 24.8 Å². The molecule has 0 fully saturated rings. The van der Waals surface area contributed by atoms with Crippen molar-refractivity contribution in [3.63, 3.8) is 0 Å². The van der Waals surface area contributed by atoms with Crippen LogP contribution in [-0.2, 0) is 6.42 Å². The van der Waals surface area contributed by atoms with Crippen LogP contribution in [-0.4, -0.2) is 6.04 Å². The molecule has 1 rings (SSSR count). The molecule has 0 bridgehead atoms. The molecule has 4 heteroatoms. The Balaban J connectivity index is 2.66. The summed E-state index contributed by atoms with van der Waals surface area (Å²) in [5, 5.41) is 0.166. The highest BCUT2D eigenvalue weighted by atomic mass is 35.5. The summed E-state index contributed by atoms with van der Waals surface area (Å²) in [6.07, 6.45) is 2.82. The molecular weight excluding hydrogens is 215 g/mol. The number of hydrogen-bond donors (Lipinski definition) is 2. The fraction of sp³-hybridized carbons (Fsp3) is 0.455. The van der Waals surface area contributed by atoms with E-state index < -0.39 is 0 Å². The topological polar surface area (TPSA) is 38.0 Å². The summed E-state index contributed by atoms with van der Waals surface area (Å²) >= 11 is 5.69. The molecule has 1 atom stereocenters. The predicted octanol–water partition coefficient (Wildman–Crippen LogP) is 2.65. The highest BCUT2D eigenvalue weighted by Crippen LogP contribution is 2.17. The molecule has 0 aliphatic carbocycles. The van der Waals surface area contributed by atoms with Gasteiger partial charge in [0.1, 0.15) is 5.82 Å². The Labute approximate surface area is 94.6 Å². The summed E-state index contributed by atoms with van der Waals surface area (Å²) in [5.74, 6) is 5.04. The molecule has 0 spiro atoms. The average Bonchev–Trinajstić information content (AvgIpc) is 2.23. The molecule has 0 aliphatic heterocycles. The highest BCUT2D eigenvalue weighted by molar-refractivity contribution is 6.30. The fourth-order valence-corrected chi connectivity index (χ4v) is 1.75. The largest absolute Gasteiger partial charge is 0.271 e. The van der Waals surface area contributed by atoms with Gasteiger partial charge in [-0.05, 0) is 30.5 Å². The van der Waals surface area contributed by atoms with Gasteiger partial charge in [-0.1, -0.05) is 31.0 Å². The van der Waals surface area contributed by atoms with Crippen LogP contribution in [0, 0.1) is 5.82 Å². The lowest BCUT2D eigenvalue weighted by molar-refractivity contribution is 0.485. The highest BCUT2D eigenvalue weighted by Gasteiger charge is 2.08. The van der Waals surface area contributed by atoms with Crippen LogP contribution in [0.25, 0.3) is 0 Å². The van der Waals surface area contributed by atoms with Crippen LogP contribution in [0.15, 0.2) is 18.2 Å². The summed E-state index contributed by atoms with van der Waals surface area (Å²) in [5.41, 5.74) is 3.75. The molecule has 1 aromatic carbocycles. The van der Waals surface area contributed by atoms with Crippen molar-refractivity contribution in [2.24, 2.45) is 5.84 Å². The maximum atomic E-state index is 12.9. The van der Waals surface area contributed by atoms with E-state index in [-0.39, 0.29) is 16.9 Å². The van der Waals surface area contributed by atoms with Gasteiger partial charge in [0.05, 0.1) is 5.02 Å². The van der Waals surface area contributed by atoms with E-state index in [9.17, 15) is 4.39 Å². The van der Waals surface area contributed by atoms with Gasteiger partial charge >= 0.3 is 0 Å². The van der Waals surface area contributed by atoms with Gasteiger partial charge in [-0.15, -0.1) is 0 Å². The normalized spacial score (nSPS) is 12.8. The zero-order valence-corrected chi connectivity index (χ0v) is 9.52. The van der Waals surface area contributed by atoms with Crippen molar-refractivity contribution in [1.82, 2.24) is 5.43 Å². The predicted molar refractivity (Wildman–Crippen MR) is 61.1 cm³/mol. The third-order valence-corrected chi connectivity index (χ3v) is 2.63. The molecule has 0 saturated carbocycles. The minimum atomic E-state index is -0.381. The van der Waals surface area contributed by atoms with Crippen molar-refractivity contribution in [3.8, 4) is 0 Å². The van der Waals surface area contributed by atoms with Gasteiger partial charge in [-0.3, -0.25) is 11.3 Å². The van der Waals surface area contributed by atoms with Crippen LogP contribution in [0.5, 0.6) is 0 Å². The van der Waals surface area contributed by atoms with Crippen molar-refractivity contribution in [3.05, 3.63) is 34.6 Å². The zero-order valence-electron chi connectivity index (χ0n) is 8.76. The molecule has 3 N–H and O–H groups in total. The molecule has 0 amide bonds. The van der Waals surface area contributed by atoms with Crippen LogP contribution < -0.4 is 11.3 Å². The van der Waals surface area contributed by atoms with E-state index in [1.54, 1.807) is 12.1 Å². The number of hydrazine groups is 1. The summed E-state index contributed by atoms with van der Waals surface area (Å²) in [6, 6.07) is 4.99. The second-order valence-corrected chi connectivity index (χ2v) is 4.01. The van der Waals surface area contributed by atoms with Gasteiger partial charge < -0.3 is 0 Å².